The van der Waals surface area contributed by atoms with E-state index in [0.717, 1.165) is 12.3 Å². The molecule has 0 saturated heterocycles. The second-order valence-electron chi connectivity index (χ2n) is 3.51. The van der Waals surface area contributed by atoms with Gasteiger partial charge < -0.3 is 5.11 Å². The third kappa shape index (κ3) is 4.05. The number of aliphatic hydroxyl groups is 1. The predicted molar refractivity (Wildman–Crippen MR) is 57.7 cm³/mol. The van der Waals surface area contributed by atoms with Gasteiger partial charge in [-0.3, -0.25) is 5.32 Å². The van der Waals surface area contributed by atoms with Crippen LogP contribution in [-0.2, 0) is 6.18 Å². The number of pyridine rings is 1. The summed E-state index contributed by atoms with van der Waals surface area (Å²) in [5.41, 5.74) is -0.893. The number of nitrogens with zero attached hydrogens (tertiary/aromatic N) is 1. The Labute approximate surface area is 106 Å². The first-order valence-corrected chi connectivity index (χ1v) is 5.29. The standard InChI is InChI=1S/C10H9ClF3N3O/c11-8-3-6(10(12,13)14)4-16-9(8)17-5-7(18)1-2-15/h3-4,7,18H,1,5H2,(H,16,17)/p+1/t7-/m0/s1. The van der Waals surface area contributed by atoms with Crippen molar-refractivity contribution in [1.82, 2.24) is 0 Å². The monoisotopic (exact) mass is 280 g/mol. The minimum atomic E-state index is -4.47. The lowest BCUT2D eigenvalue weighted by atomic mass is 10.2. The number of H-pyrrole nitrogens is 1. The zero-order valence-electron chi connectivity index (χ0n) is 9.05. The van der Waals surface area contributed by atoms with Gasteiger partial charge in [0.15, 0.2) is 0 Å². The molecule has 0 aromatic carbocycles. The average molecular weight is 281 g/mol. The Morgan fingerprint density at radius 3 is 2.72 bits per heavy atom. The van der Waals surface area contributed by atoms with E-state index in [2.05, 4.69) is 10.3 Å². The van der Waals surface area contributed by atoms with Gasteiger partial charge in [0.2, 0.25) is 0 Å². The van der Waals surface area contributed by atoms with Crippen LogP contribution in [0.3, 0.4) is 0 Å². The summed E-state index contributed by atoms with van der Waals surface area (Å²) in [6, 6.07) is 2.54. The summed E-state index contributed by atoms with van der Waals surface area (Å²) in [4.78, 5) is 2.35. The van der Waals surface area contributed by atoms with Crippen molar-refractivity contribution < 1.29 is 23.3 Å². The van der Waals surface area contributed by atoms with Crippen molar-refractivity contribution in [2.45, 2.75) is 18.7 Å². The highest BCUT2D eigenvalue weighted by molar-refractivity contribution is 6.32. The third-order valence-electron chi connectivity index (χ3n) is 2.06. The Bertz CT molecular complexity index is 459. The summed E-state index contributed by atoms with van der Waals surface area (Å²) in [5, 5.41) is 20.1. The van der Waals surface area contributed by atoms with Crippen LogP contribution in [0.25, 0.3) is 0 Å². The molecule has 18 heavy (non-hydrogen) atoms. The fraction of sp³-hybridized carbons (Fsp3) is 0.400. The van der Waals surface area contributed by atoms with Gasteiger partial charge in [-0.2, -0.15) is 18.4 Å². The lowest BCUT2D eigenvalue weighted by Crippen LogP contribution is -2.24. The summed E-state index contributed by atoms with van der Waals surface area (Å²) in [6.07, 6.45) is -4.70. The van der Waals surface area contributed by atoms with Crippen LogP contribution in [-0.4, -0.2) is 17.8 Å². The molecule has 0 aliphatic rings. The zero-order chi connectivity index (χ0) is 13.8. The molecule has 1 aromatic heterocycles. The SMILES string of the molecule is N#CC[C@H](O)CNc1[nH+]cc(C(F)(F)F)cc1Cl. The average Bonchev–Trinajstić information content (AvgIpc) is 2.26. The fourth-order valence-electron chi connectivity index (χ4n) is 1.17. The molecule has 0 bridgehead atoms. The molecule has 0 spiro atoms. The van der Waals surface area contributed by atoms with Crippen LogP contribution in [0, 0.1) is 11.3 Å². The van der Waals surface area contributed by atoms with Gasteiger partial charge in [-0.05, 0) is 6.07 Å². The summed E-state index contributed by atoms with van der Waals surface area (Å²) >= 11 is 5.66. The number of nitriles is 1. The van der Waals surface area contributed by atoms with E-state index in [-0.39, 0.29) is 23.8 Å². The Morgan fingerprint density at radius 1 is 1.56 bits per heavy atom. The number of halogens is 4. The number of nitrogens with one attached hydrogen (secondary N) is 2. The molecule has 0 fully saturated rings. The number of hydrogen-bond acceptors (Lipinski definition) is 3. The van der Waals surface area contributed by atoms with Gasteiger partial charge in [0.25, 0.3) is 5.82 Å². The van der Waals surface area contributed by atoms with E-state index in [1.165, 1.54) is 0 Å². The number of aromatic amines is 1. The van der Waals surface area contributed by atoms with E-state index in [4.69, 9.17) is 16.9 Å². The van der Waals surface area contributed by atoms with Gasteiger partial charge in [0.05, 0.1) is 18.1 Å². The molecule has 3 N–H and O–H groups in total. The molecule has 0 amide bonds. The minimum absolute atomic E-state index is 0.00907. The van der Waals surface area contributed by atoms with Crippen LogP contribution in [0.1, 0.15) is 12.0 Å². The molecular formula is C10H10ClF3N3O+. The van der Waals surface area contributed by atoms with E-state index < -0.39 is 17.8 Å². The number of alkyl halides is 3. The number of aromatic nitrogens is 1. The van der Waals surface area contributed by atoms with E-state index in [1.54, 1.807) is 6.07 Å². The summed E-state index contributed by atoms with van der Waals surface area (Å²) in [7, 11) is 0. The van der Waals surface area contributed by atoms with Crippen molar-refractivity contribution in [2.75, 3.05) is 11.9 Å². The number of hydrogen-bond donors (Lipinski definition) is 2. The lowest BCUT2D eigenvalue weighted by Gasteiger charge is -2.08. The maximum absolute atomic E-state index is 12.3. The minimum Gasteiger partial charge on any atom is -0.388 e. The van der Waals surface area contributed by atoms with Crippen LogP contribution < -0.4 is 10.3 Å². The van der Waals surface area contributed by atoms with Gasteiger partial charge in [-0.25, -0.2) is 4.98 Å². The molecule has 8 heteroatoms. The van der Waals surface area contributed by atoms with Gasteiger partial charge in [0, 0.05) is 0 Å². The normalized spacial score (nSPS) is 12.9. The van der Waals surface area contributed by atoms with E-state index >= 15 is 0 Å². The molecule has 4 nitrogen and oxygen atoms in total. The third-order valence-corrected chi connectivity index (χ3v) is 2.36. The van der Waals surface area contributed by atoms with Gasteiger partial charge in [0.1, 0.15) is 23.9 Å². The van der Waals surface area contributed by atoms with Crippen LogP contribution in [0.2, 0.25) is 5.02 Å². The number of rotatable bonds is 4. The van der Waals surface area contributed by atoms with Crippen molar-refractivity contribution in [3.8, 4) is 6.07 Å². The molecule has 1 aromatic rings. The first kappa shape index (κ1) is 14.5. The van der Waals surface area contributed by atoms with Crippen LogP contribution in [0.5, 0.6) is 0 Å². The fourth-order valence-corrected chi connectivity index (χ4v) is 1.40. The molecule has 0 saturated carbocycles. The Balaban J connectivity index is 2.72. The second kappa shape index (κ2) is 5.89. The topological polar surface area (TPSA) is 70.2 Å². The molecule has 1 rings (SSSR count). The van der Waals surface area contributed by atoms with E-state index in [0.29, 0.717) is 0 Å². The molecule has 0 aliphatic carbocycles. The highest BCUT2D eigenvalue weighted by Crippen LogP contribution is 2.31. The first-order valence-electron chi connectivity index (χ1n) is 4.92. The molecule has 0 aliphatic heterocycles. The summed E-state index contributed by atoms with van der Waals surface area (Å²) in [6.45, 7) is 0.00907. The van der Waals surface area contributed by atoms with Crippen molar-refractivity contribution in [1.29, 1.82) is 5.26 Å². The smallest absolute Gasteiger partial charge is 0.388 e. The Kier molecular flexibility index (Phi) is 4.76. The van der Waals surface area contributed by atoms with Crippen molar-refractivity contribution in [3.63, 3.8) is 0 Å². The number of aliphatic hydroxyl groups excluding tert-OH is 1. The Morgan fingerprint density at radius 2 is 2.22 bits per heavy atom. The lowest BCUT2D eigenvalue weighted by molar-refractivity contribution is -0.364. The largest absolute Gasteiger partial charge is 0.419 e. The summed E-state index contributed by atoms with van der Waals surface area (Å²) < 4.78 is 37.0. The highest BCUT2D eigenvalue weighted by Gasteiger charge is 2.32. The summed E-state index contributed by atoms with van der Waals surface area (Å²) in [5.74, 6) is 0.154. The maximum atomic E-state index is 12.3. The van der Waals surface area contributed by atoms with Gasteiger partial charge >= 0.3 is 6.18 Å². The van der Waals surface area contributed by atoms with E-state index in [1.807, 2.05) is 0 Å². The van der Waals surface area contributed by atoms with Crippen LogP contribution >= 0.6 is 11.6 Å². The van der Waals surface area contributed by atoms with Crippen molar-refractivity contribution >= 4 is 17.4 Å². The Hall–Kier alpha value is -1.52. The zero-order valence-corrected chi connectivity index (χ0v) is 9.81. The second-order valence-corrected chi connectivity index (χ2v) is 3.91. The highest BCUT2D eigenvalue weighted by atomic mass is 35.5. The van der Waals surface area contributed by atoms with E-state index in [9.17, 15) is 18.3 Å². The predicted octanol–water partition coefficient (Wildman–Crippen LogP) is 1.86. The molecule has 98 valence electrons. The molecule has 1 atom stereocenters. The molecule has 0 unspecified atom stereocenters. The van der Waals surface area contributed by atoms with Crippen LogP contribution in [0.4, 0.5) is 19.0 Å². The number of anilines is 1. The first-order chi connectivity index (χ1) is 8.34. The molecule has 1 heterocycles. The van der Waals surface area contributed by atoms with Gasteiger partial charge in [-0.15, -0.1) is 0 Å². The maximum Gasteiger partial charge on any atom is 0.419 e. The van der Waals surface area contributed by atoms with Gasteiger partial charge in [-0.1, -0.05) is 11.6 Å². The van der Waals surface area contributed by atoms with Crippen LogP contribution in [0.15, 0.2) is 12.3 Å². The molecular weight excluding hydrogens is 271 g/mol. The molecule has 0 radical (unpaired) electrons. The van der Waals surface area contributed by atoms with Crippen molar-refractivity contribution in [3.05, 3.63) is 22.8 Å². The quantitative estimate of drug-likeness (QED) is 0.884. The van der Waals surface area contributed by atoms with Crippen molar-refractivity contribution in [2.24, 2.45) is 0 Å².